The number of nitrogens with zero attached hydrogens (tertiary/aromatic N) is 6. The van der Waals surface area contributed by atoms with Gasteiger partial charge in [0, 0.05) is 45.3 Å². The Bertz CT molecular complexity index is 976. The molecule has 0 atom stereocenters. The van der Waals surface area contributed by atoms with Crippen molar-refractivity contribution in [1.82, 2.24) is 20.3 Å². The van der Waals surface area contributed by atoms with Crippen LogP contribution in [0.4, 0.5) is 11.6 Å². The molecule has 9 nitrogen and oxygen atoms in total. The van der Waals surface area contributed by atoms with Crippen LogP contribution in [0.15, 0.2) is 40.2 Å². The first-order chi connectivity index (χ1) is 14.8. The standard InChI is InChI=1S/C20H22N6O3S/c27-20(15-14-16(29-23-15)17-2-1-13-30-17)26-7-5-24(6-8-26)18-3-4-19(22-21-18)25-9-11-28-12-10-25/h1-4,13-14H,5-12H2. The first kappa shape index (κ1) is 19.0. The van der Waals surface area contributed by atoms with Gasteiger partial charge in [-0.2, -0.15) is 0 Å². The monoisotopic (exact) mass is 426 g/mol. The molecular weight excluding hydrogens is 404 g/mol. The van der Waals surface area contributed by atoms with Gasteiger partial charge < -0.3 is 24.0 Å². The van der Waals surface area contributed by atoms with Gasteiger partial charge in [0.2, 0.25) is 0 Å². The maximum absolute atomic E-state index is 12.8. The molecule has 10 heteroatoms. The van der Waals surface area contributed by atoms with Crippen molar-refractivity contribution >= 4 is 28.9 Å². The fraction of sp³-hybridized carbons (Fsp3) is 0.400. The lowest BCUT2D eigenvalue weighted by Crippen LogP contribution is -2.49. The van der Waals surface area contributed by atoms with Crippen molar-refractivity contribution in [3.8, 4) is 10.6 Å². The van der Waals surface area contributed by atoms with Gasteiger partial charge in [-0.3, -0.25) is 4.79 Å². The molecule has 5 rings (SSSR count). The number of amides is 1. The maximum atomic E-state index is 12.8. The van der Waals surface area contributed by atoms with Gasteiger partial charge in [0.25, 0.3) is 5.91 Å². The molecule has 30 heavy (non-hydrogen) atoms. The Balaban J connectivity index is 1.18. The third kappa shape index (κ3) is 3.88. The van der Waals surface area contributed by atoms with Crippen LogP contribution in [0.25, 0.3) is 10.6 Å². The molecule has 3 aromatic rings. The van der Waals surface area contributed by atoms with E-state index >= 15 is 0 Å². The van der Waals surface area contributed by atoms with Gasteiger partial charge in [0.15, 0.2) is 23.1 Å². The summed E-state index contributed by atoms with van der Waals surface area (Å²) in [5.41, 5.74) is 0.349. The van der Waals surface area contributed by atoms with Crippen molar-refractivity contribution in [2.75, 3.05) is 62.3 Å². The van der Waals surface area contributed by atoms with Crippen molar-refractivity contribution in [2.24, 2.45) is 0 Å². The lowest BCUT2D eigenvalue weighted by Gasteiger charge is -2.35. The molecule has 1 amide bonds. The zero-order valence-electron chi connectivity index (χ0n) is 16.4. The zero-order valence-corrected chi connectivity index (χ0v) is 17.3. The Hall–Kier alpha value is -2.98. The maximum Gasteiger partial charge on any atom is 0.276 e. The number of hydrogen-bond acceptors (Lipinski definition) is 9. The molecular formula is C20H22N6O3S. The predicted molar refractivity (Wildman–Crippen MR) is 113 cm³/mol. The second kappa shape index (κ2) is 8.41. The molecule has 0 spiro atoms. The second-order valence-electron chi connectivity index (χ2n) is 7.18. The molecule has 0 N–H and O–H groups in total. The Morgan fingerprint density at radius 3 is 2.27 bits per heavy atom. The Kier molecular flexibility index (Phi) is 5.33. The summed E-state index contributed by atoms with van der Waals surface area (Å²) < 4.78 is 10.7. The zero-order chi connectivity index (χ0) is 20.3. The highest BCUT2D eigenvalue weighted by Crippen LogP contribution is 2.26. The van der Waals surface area contributed by atoms with E-state index in [9.17, 15) is 4.79 Å². The topological polar surface area (TPSA) is 87.8 Å². The van der Waals surface area contributed by atoms with Crippen molar-refractivity contribution in [1.29, 1.82) is 0 Å². The minimum absolute atomic E-state index is 0.102. The number of morpholine rings is 1. The van der Waals surface area contributed by atoms with Gasteiger partial charge in [-0.05, 0) is 23.6 Å². The normalized spacial score (nSPS) is 17.4. The van der Waals surface area contributed by atoms with E-state index in [1.54, 1.807) is 17.4 Å². The molecule has 0 unspecified atom stereocenters. The SMILES string of the molecule is O=C(c1cc(-c2cccs2)on1)N1CCN(c2ccc(N3CCOCC3)nn2)CC1. The average molecular weight is 427 g/mol. The van der Waals surface area contributed by atoms with Crippen molar-refractivity contribution < 1.29 is 14.1 Å². The lowest BCUT2D eigenvalue weighted by atomic mass is 10.2. The van der Waals surface area contributed by atoms with E-state index in [4.69, 9.17) is 9.26 Å². The number of anilines is 2. The number of carbonyl (C=O) groups excluding carboxylic acids is 1. The number of hydrogen-bond donors (Lipinski definition) is 0. The van der Waals surface area contributed by atoms with Crippen LogP contribution in [0.5, 0.6) is 0 Å². The van der Waals surface area contributed by atoms with Crippen LogP contribution in [0, 0.1) is 0 Å². The van der Waals surface area contributed by atoms with Crippen LogP contribution in [0.1, 0.15) is 10.5 Å². The van der Waals surface area contributed by atoms with Crippen molar-refractivity contribution in [3.63, 3.8) is 0 Å². The fourth-order valence-corrected chi connectivity index (χ4v) is 4.33. The molecule has 156 valence electrons. The molecule has 3 aromatic heterocycles. The summed E-state index contributed by atoms with van der Waals surface area (Å²) in [6.07, 6.45) is 0. The number of thiophene rings is 1. The summed E-state index contributed by atoms with van der Waals surface area (Å²) in [5.74, 6) is 2.24. The van der Waals surface area contributed by atoms with Crippen molar-refractivity contribution in [2.45, 2.75) is 0 Å². The summed E-state index contributed by atoms with van der Waals surface area (Å²) in [6.45, 7) is 5.73. The summed E-state index contributed by atoms with van der Waals surface area (Å²) in [4.78, 5) is 19.9. The van der Waals surface area contributed by atoms with E-state index in [0.29, 0.717) is 37.6 Å². The van der Waals surface area contributed by atoms with Gasteiger partial charge in [-0.25, -0.2) is 0 Å². The molecule has 0 bridgehead atoms. The molecule has 0 radical (unpaired) electrons. The number of piperazine rings is 1. The summed E-state index contributed by atoms with van der Waals surface area (Å²) in [5, 5.41) is 14.7. The number of carbonyl (C=O) groups is 1. The first-order valence-electron chi connectivity index (χ1n) is 9.99. The van der Waals surface area contributed by atoms with E-state index in [-0.39, 0.29) is 5.91 Å². The largest absolute Gasteiger partial charge is 0.378 e. The van der Waals surface area contributed by atoms with Gasteiger partial charge in [-0.15, -0.1) is 21.5 Å². The minimum atomic E-state index is -0.102. The molecule has 2 aliphatic rings. The molecule has 0 saturated carbocycles. The molecule has 2 saturated heterocycles. The third-order valence-corrected chi connectivity index (χ3v) is 6.24. The van der Waals surface area contributed by atoms with E-state index in [2.05, 4.69) is 25.2 Å². The second-order valence-corrected chi connectivity index (χ2v) is 8.13. The third-order valence-electron chi connectivity index (χ3n) is 5.36. The molecule has 2 fully saturated rings. The fourth-order valence-electron chi connectivity index (χ4n) is 3.66. The van der Waals surface area contributed by atoms with Gasteiger partial charge in [-0.1, -0.05) is 11.2 Å². The highest BCUT2D eigenvalue weighted by molar-refractivity contribution is 7.13. The summed E-state index contributed by atoms with van der Waals surface area (Å²) in [6, 6.07) is 9.62. The van der Waals surface area contributed by atoms with Crippen LogP contribution >= 0.6 is 11.3 Å². The van der Waals surface area contributed by atoms with Crippen LogP contribution < -0.4 is 9.80 Å². The average Bonchev–Trinajstić information content (AvgIpc) is 3.52. The Labute approximate surface area is 177 Å². The van der Waals surface area contributed by atoms with E-state index in [1.807, 2.05) is 34.5 Å². The van der Waals surface area contributed by atoms with Gasteiger partial charge in [0.05, 0.1) is 18.1 Å². The highest BCUT2D eigenvalue weighted by Gasteiger charge is 2.26. The first-order valence-corrected chi connectivity index (χ1v) is 10.9. The quantitative estimate of drug-likeness (QED) is 0.626. The van der Waals surface area contributed by atoms with Crippen LogP contribution in [0.3, 0.4) is 0 Å². The van der Waals surface area contributed by atoms with Crippen LogP contribution in [0.2, 0.25) is 0 Å². The molecule has 0 aliphatic carbocycles. The Morgan fingerprint density at radius 2 is 1.63 bits per heavy atom. The van der Waals surface area contributed by atoms with Gasteiger partial charge >= 0.3 is 0 Å². The van der Waals surface area contributed by atoms with E-state index < -0.39 is 0 Å². The molecule has 0 aromatic carbocycles. The lowest BCUT2D eigenvalue weighted by molar-refractivity contribution is 0.0736. The van der Waals surface area contributed by atoms with Gasteiger partial charge in [0.1, 0.15) is 0 Å². The van der Waals surface area contributed by atoms with Crippen LogP contribution in [-0.4, -0.2) is 78.6 Å². The molecule has 5 heterocycles. The predicted octanol–water partition coefficient (Wildman–Crippen LogP) is 1.99. The summed E-state index contributed by atoms with van der Waals surface area (Å²) >= 11 is 1.56. The van der Waals surface area contributed by atoms with Crippen LogP contribution in [-0.2, 0) is 4.74 Å². The summed E-state index contributed by atoms with van der Waals surface area (Å²) in [7, 11) is 0. The number of rotatable bonds is 4. The number of ether oxygens (including phenoxy) is 1. The van der Waals surface area contributed by atoms with E-state index in [1.165, 1.54) is 0 Å². The highest BCUT2D eigenvalue weighted by atomic mass is 32.1. The Morgan fingerprint density at radius 1 is 0.933 bits per heavy atom. The van der Waals surface area contributed by atoms with Crippen molar-refractivity contribution in [3.05, 3.63) is 41.4 Å². The van der Waals surface area contributed by atoms with E-state index in [0.717, 1.165) is 42.8 Å². The minimum Gasteiger partial charge on any atom is -0.378 e. The smallest absolute Gasteiger partial charge is 0.276 e. The molecule has 2 aliphatic heterocycles. The number of aromatic nitrogens is 3.